The molecule has 2 N–H and O–H groups in total. The van der Waals surface area contributed by atoms with Crippen LogP contribution >= 0.6 is 0 Å². The maximum Gasteiger partial charge on any atom is 0.338 e. The van der Waals surface area contributed by atoms with Crippen LogP contribution in [-0.4, -0.2) is 31.8 Å². The molecule has 0 saturated heterocycles. The Hall–Kier alpha value is -2.70. The first-order chi connectivity index (χ1) is 17.0. The van der Waals surface area contributed by atoms with Crippen LogP contribution in [0.2, 0.25) is 0 Å². The van der Waals surface area contributed by atoms with E-state index in [0.717, 1.165) is 31.2 Å². The number of hydrogen-bond acceptors (Lipinski definition) is 5. The first-order valence-electron chi connectivity index (χ1n) is 13.4. The second kappa shape index (κ2) is 16.1. The molecule has 1 aliphatic rings. The smallest absolute Gasteiger partial charge is 0.338 e. The molecular formula is C28H44N2O5. The summed E-state index contributed by atoms with van der Waals surface area (Å²) in [7, 11) is 0. The van der Waals surface area contributed by atoms with Crippen molar-refractivity contribution in [1.82, 2.24) is 10.6 Å². The summed E-state index contributed by atoms with van der Waals surface area (Å²) in [6, 6.07) is 4.66. The second-order valence-corrected chi connectivity index (χ2v) is 8.86. The maximum absolute atomic E-state index is 12.9. The lowest BCUT2D eigenvalue weighted by Crippen LogP contribution is -2.46. The Labute approximate surface area is 211 Å². The van der Waals surface area contributed by atoms with E-state index in [9.17, 15) is 9.59 Å². The highest BCUT2D eigenvalue weighted by Gasteiger charge is 2.34. The van der Waals surface area contributed by atoms with Gasteiger partial charge in [0.15, 0.2) is 11.5 Å². The van der Waals surface area contributed by atoms with Crippen molar-refractivity contribution in [1.29, 1.82) is 0 Å². The molecule has 0 fully saturated rings. The first kappa shape index (κ1) is 28.5. The molecule has 2 amide bonds. The van der Waals surface area contributed by atoms with E-state index in [4.69, 9.17) is 14.2 Å². The number of allylic oxidation sites excluding steroid dienone is 1. The van der Waals surface area contributed by atoms with E-state index in [0.29, 0.717) is 42.4 Å². The summed E-state index contributed by atoms with van der Waals surface area (Å²) in [6.45, 7) is 9.38. The van der Waals surface area contributed by atoms with Gasteiger partial charge in [-0.1, -0.05) is 64.9 Å². The molecule has 0 bridgehead atoms. The van der Waals surface area contributed by atoms with Gasteiger partial charge in [0, 0.05) is 5.70 Å². The minimum absolute atomic E-state index is 0.264. The molecule has 0 saturated carbocycles. The van der Waals surface area contributed by atoms with Crippen LogP contribution in [0.5, 0.6) is 11.5 Å². The van der Waals surface area contributed by atoms with E-state index in [1.165, 1.54) is 32.1 Å². The van der Waals surface area contributed by atoms with E-state index in [2.05, 4.69) is 24.5 Å². The van der Waals surface area contributed by atoms with E-state index in [-0.39, 0.29) is 12.6 Å². The molecule has 1 aromatic carbocycles. The Morgan fingerprint density at radius 2 is 1.57 bits per heavy atom. The predicted molar refractivity (Wildman–Crippen MR) is 139 cm³/mol. The average Bonchev–Trinajstić information content (AvgIpc) is 2.85. The van der Waals surface area contributed by atoms with Crippen LogP contribution in [0, 0.1) is 0 Å². The van der Waals surface area contributed by atoms with Crippen LogP contribution < -0.4 is 20.1 Å². The number of carbonyl (C=O) groups excluding carboxylic acids is 2. The Kier molecular flexibility index (Phi) is 13.1. The van der Waals surface area contributed by atoms with Gasteiger partial charge in [0.25, 0.3) is 0 Å². The molecule has 1 aliphatic heterocycles. The molecule has 1 heterocycles. The van der Waals surface area contributed by atoms with Gasteiger partial charge in [0.2, 0.25) is 0 Å². The summed E-state index contributed by atoms with van der Waals surface area (Å²) in [5.74, 6) is 0.863. The van der Waals surface area contributed by atoms with Crippen LogP contribution in [0.15, 0.2) is 29.5 Å². The van der Waals surface area contributed by atoms with E-state index >= 15 is 0 Å². The molecule has 1 aromatic rings. The van der Waals surface area contributed by atoms with Crippen LogP contribution in [0.3, 0.4) is 0 Å². The third-order valence-corrected chi connectivity index (χ3v) is 6.04. The van der Waals surface area contributed by atoms with Crippen molar-refractivity contribution in [2.45, 2.75) is 97.9 Å². The monoisotopic (exact) mass is 488 g/mol. The number of esters is 1. The largest absolute Gasteiger partial charge is 0.490 e. The van der Waals surface area contributed by atoms with Crippen LogP contribution in [-0.2, 0) is 9.53 Å². The standard InChI is InChI=1S/C28H44N2O5/c1-5-9-11-12-13-14-15-19-35-23-18-17-21(20-24(23)33-7-3)26-25(27(31)34-8-4)22(16-10-6-2)29-28(32)30-26/h17-18,20,26H,5-16,19H2,1-4H3,(H2,29,30,32). The van der Waals surface area contributed by atoms with Gasteiger partial charge in [-0.3, -0.25) is 0 Å². The van der Waals surface area contributed by atoms with Crippen molar-refractivity contribution in [3.8, 4) is 11.5 Å². The molecule has 0 aliphatic carbocycles. The Bertz CT molecular complexity index is 837. The highest BCUT2D eigenvalue weighted by Crippen LogP contribution is 2.35. The van der Waals surface area contributed by atoms with Crippen LogP contribution in [0.4, 0.5) is 4.79 Å². The molecule has 0 aromatic heterocycles. The topological polar surface area (TPSA) is 85.9 Å². The lowest BCUT2D eigenvalue weighted by Gasteiger charge is -2.30. The number of nitrogens with one attached hydrogen (secondary N) is 2. The summed E-state index contributed by atoms with van der Waals surface area (Å²) in [6.07, 6.45) is 11.0. The molecular weight excluding hydrogens is 444 g/mol. The average molecular weight is 489 g/mol. The van der Waals surface area contributed by atoms with Gasteiger partial charge in [-0.15, -0.1) is 0 Å². The minimum atomic E-state index is -0.619. The molecule has 7 heteroatoms. The van der Waals surface area contributed by atoms with E-state index < -0.39 is 12.0 Å². The zero-order valence-corrected chi connectivity index (χ0v) is 22.0. The van der Waals surface area contributed by atoms with Crippen LogP contribution in [0.1, 0.15) is 104 Å². The normalized spacial score (nSPS) is 15.4. The number of carbonyl (C=O) groups is 2. The quantitative estimate of drug-likeness (QED) is 0.191. The molecule has 1 unspecified atom stereocenters. The van der Waals surface area contributed by atoms with E-state index in [1.54, 1.807) is 6.92 Å². The summed E-state index contributed by atoms with van der Waals surface area (Å²) in [5.41, 5.74) is 1.82. The summed E-state index contributed by atoms with van der Waals surface area (Å²) >= 11 is 0. The lowest BCUT2D eigenvalue weighted by atomic mass is 9.93. The van der Waals surface area contributed by atoms with Crippen molar-refractivity contribution < 1.29 is 23.8 Å². The SMILES string of the molecule is CCCCCCCCCOc1ccc(C2NC(=O)NC(CCCC)=C2C(=O)OCC)cc1OCC. The molecule has 35 heavy (non-hydrogen) atoms. The number of unbranched alkanes of at least 4 members (excludes halogenated alkanes) is 7. The molecule has 0 radical (unpaired) electrons. The van der Waals surface area contributed by atoms with Crippen molar-refractivity contribution >= 4 is 12.0 Å². The molecule has 1 atom stereocenters. The lowest BCUT2D eigenvalue weighted by molar-refractivity contribution is -0.139. The fourth-order valence-electron chi connectivity index (χ4n) is 4.20. The van der Waals surface area contributed by atoms with Gasteiger partial charge >= 0.3 is 12.0 Å². The Balaban J connectivity index is 2.18. The van der Waals surface area contributed by atoms with Crippen LogP contribution in [0.25, 0.3) is 0 Å². The number of hydrogen-bond donors (Lipinski definition) is 2. The molecule has 7 nitrogen and oxygen atoms in total. The fourth-order valence-corrected chi connectivity index (χ4v) is 4.20. The van der Waals surface area contributed by atoms with E-state index in [1.807, 2.05) is 25.1 Å². The van der Waals surface area contributed by atoms with Crippen molar-refractivity contribution in [2.24, 2.45) is 0 Å². The summed E-state index contributed by atoms with van der Waals surface area (Å²) in [4.78, 5) is 25.3. The highest BCUT2D eigenvalue weighted by molar-refractivity contribution is 5.95. The van der Waals surface area contributed by atoms with Gasteiger partial charge in [0.05, 0.1) is 31.4 Å². The predicted octanol–water partition coefficient (Wildman–Crippen LogP) is 6.58. The molecule has 2 rings (SSSR count). The summed E-state index contributed by atoms with van der Waals surface area (Å²) < 4.78 is 17.2. The highest BCUT2D eigenvalue weighted by atomic mass is 16.5. The molecule has 0 spiro atoms. The third kappa shape index (κ3) is 9.11. The maximum atomic E-state index is 12.9. The number of amides is 2. The number of rotatable bonds is 17. The van der Waals surface area contributed by atoms with Crippen molar-refractivity contribution in [3.05, 3.63) is 35.0 Å². The zero-order valence-electron chi connectivity index (χ0n) is 22.0. The molecule has 196 valence electrons. The number of benzene rings is 1. The summed E-state index contributed by atoms with van der Waals surface area (Å²) in [5, 5.41) is 5.71. The van der Waals surface area contributed by atoms with Gasteiger partial charge in [-0.05, 0) is 50.8 Å². The van der Waals surface area contributed by atoms with Gasteiger partial charge in [0.1, 0.15) is 0 Å². The Morgan fingerprint density at radius 1 is 0.857 bits per heavy atom. The van der Waals surface area contributed by atoms with Gasteiger partial charge < -0.3 is 24.8 Å². The van der Waals surface area contributed by atoms with Crippen molar-refractivity contribution in [2.75, 3.05) is 19.8 Å². The zero-order chi connectivity index (χ0) is 25.5. The fraction of sp³-hybridized carbons (Fsp3) is 0.643. The Morgan fingerprint density at radius 3 is 2.26 bits per heavy atom. The third-order valence-electron chi connectivity index (χ3n) is 6.04. The number of ether oxygens (including phenoxy) is 3. The van der Waals surface area contributed by atoms with Crippen molar-refractivity contribution in [3.63, 3.8) is 0 Å². The van der Waals surface area contributed by atoms with Gasteiger partial charge in [-0.25, -0.2) is 9.59 Å². The second-order valence-electron chi connectivity index (χ2n) is 8.86. The number of urea groups is 1. The van der Waals surface area contributed by atoms with Gasteiger partial charge in [-0.2, -0.15) is 0 Å². The minimum Gasteiger partial charge on any atom is -0.490 e. The first-order valence-corrected chi connectivity index (χ1v) is 13.4.